The van der Waals surface area contributed by atoms with Crippen molar-refractivity contribution in [3.63, 3.8) is 0 Å². The lowest BCUT2D eigenvalue weighted by Gasteiger charge is -2.39. The molecule has 8 nitrogen and oxygen atoms in total. The van der Waals surface area contributed by atoms with Gasteiger partial charge in [0.25, 0.3) is 0 Å². The number of carbonyl (C=O) groups excluding carboxylic acids is 2. The van der Waals surface area contributed by atoms with E-state index >= 15 is 0 Å². The summed E-state index contributed by atoms with van der Waals surface area (Å²) in [4.78, 5) is 27.5. The number of benzene rings is 2. The molecule has 1 aliphatic heterocycles. The second-order valence-corrected chi connectivity index (χ2v) is 11.7. The van der Waals surface area contributed by atoms with Crippen LogP contribution < -0.4 is 0 Å². The Labute approximate surface area is 235 Å². The number of esters is 1. The second kappa shape index (κ2) is 10.9. The van der Waals surface area contributed by atoms with Gasteiger partial charge in [-0.15, -0.1) is 0 Å². The molecule has 2 atom stereocenters. The van der Waals surface area contributed by atoms with Gasteiger partial charge >= 0.3 is 12.1 Å². The van der Waals surface area contributed by atoms with E-state index in [1.807, 2.05) is 82.1 Å². The molecule has 8 heteroatoms. The van der Waals surface area contributed by atoms with Crippen molar-refractivity contribution in [2.45, 2.75) is 64.6 Å². The summed E-state index contributed by atoms with van der Waals surface area (Å²) >= 11 is 0. The zero-order chi connectivity index (χ0) is 28.6. The highest BCUT2D eigenvalue weighted by atomic mass is 16.6. The molecule has 3 heterocycles. The van der Waals surface area contributed by atoms with Crippen molar-refractivity contribution < 1.29 is 19.1 Å². The quantitative estimate of drug-likeness (QED) is 0.273. The average molecular weight is 543 g/mol. The number of piperidine rings is 1. The molecular weight excluding hydrogens is 504 g/mol. The number of ether oxygens (including phenoxy) is 2. The standard InChI is InChI=1S/C32H38N4O4/c1-21-7-8-25(26-14-18-36(29(21)26)31(38)40-32(2,3)4)20-35-17-13-24(27-15-16-34(5)33-27)19-28(35)22-9-11-23(12-10-22)30(37)39-6/h7-12,14-16,18,24,28H,13,17,19-20H2,1-6H3. The highest BCUT2D eigenvalue weighted by Crippen LogP contribution is 2.40. The van der Waals surface area contributed by atoms with Crippen LogP contribution in [0.4, 0.5) is 4.79 Å². The van der Waals surface area contributed by atoms with Crippen molar-refractivity contribution >= 4 is 23.0 Å². The molecule has 0 saturated carbocycles. The molecule has 2 aromatic carbocycles. The number of aromatic nitrogens is 3. The first-order valence-corrected chi connectivity index (χ1v) is 13.8. The summed E-state index contributed by atoms with van der Waals surface area (Å²) in [5.74, 6) is 0.00369. The third-order valence-electron chi connectivity index (χ3n) is 7.69. The first kappa shape index (κ1) is 27.6. The first-order valence-electron chi connectivity index (χ1n) is 13.8. The van der Waals surface area contributed by atoms with Gasteiger partial charge in [-0.2, -0.15) is 5.10 Å². The summed E-state index contributed by atoms with van der Waals surface area (Å²) in [7, 11) is 3.35. The smallest absolute Gasteiger partial charge is 0.418 e. The Bertz CT molecular complexity index is 1530. The van der Waals surface area contributed by atoms with E-state index in [0.29, 0.717) is 11.5 Å². The highest BCUT2D eigenvalue weighted by molar-refractivity contribution is 5.93. The van der Waals surface area contributed by atoms with E-state index in [1.165, 1.54) is 7.11 Å². The maximum Gasteiger partial charge on any atom is 0.418 e. The lowest BCUT2D eigenvalue weighted by molar-refractivity contribution is 0.0542. The molecule has 1 aliphatic rings. The van der Waals surface area contributed by atoms with Gasteiger partial charge in [0.05, 0.1) is 23.9 Å². The molecule has 2 aromatic heterocycles. The van der Waals surface area contributed by atoms with Gasteiger partial charge in [0.15, 0.2) is 0 Å². The van der Waals surface area contributed by atoms with Crippen LogP contribution >= 0.6 is 0 Å². The number of methoxy groups -OCH3 is 1. The Morgan fingerprint density at radius 3 is 2.42 bits per heavy atom. The van der Waals surface area contributed by atoms with E-state index in [-0.39, 0.29) is 18.1 Å². The molecule has 1 saturated heterocycles. The van der Waals surface area contributed by atoms with Gasteiger partial charge in [-0.25, -0.2) is 9.59 Å². The van der Waals surface area contributed by atoms with Gasteiger partial charge in [-0.05, 0) is 88.0 Å². The molecule has 40 heavy (non-hydrogen) atoms. The Morgan fingerprint density at radius 1 is 1.02 bits per heavy atom. The molecule has 4 aromatic rings. The number of aryl methyl sites for hydroxylation is 2. The second-order valence-electron chi connectivity index (χ2n) is 11.7. The van der Waals surface area contributed by atoms with Crippen LogP contribution in [-0.4, -0.2) is 50.6 Å². The third kappa shape index (κ3) is 5.68. The van der Waals surface area contributed by atoms with Crippen molar-refractivity contribution in [1.29, 1.82) is 0 Å². The monoisotopic (exact) mass is 542 g/mol. The Balaban J connectivity index is 1.47. The average Bonchev–Trinajstić information content (AvgIpc) is 3.57. The molecule has 0 bridgehead atoms. The Kier molecular flexibility index (Phi) is 7.55. The van der Waals surface area contributed by atoms with Crippen LogP contribution in [0.25, 0.3) is 10.9 Å². The molecular formula is C32H38N4O4. The summed E-state index contributed by atoms with van der Waals surface area (Å²) in [6.45, 7) is 9.28. The van der Waals surface area contributed by atoms with Crippen LogP contribution in [0.1, 0.15) is 78.3 Å². The van der Waals surface area contributed by atoms with E-state index < -0.39 is 5.60 Å². The summed E-state index contributed by atoms with van der Waals surface area (Å²) in [6, 6.07) is 16.3. The highest BCUT2D eigenvalue weighted by Gasteiger charge is 2.32. The molecule has 0 radical (unpaired) electrons. The minimum atomic E-state index is -0.576. The van der Waals surface area contributed by atoms with Crippen molar-refractivity contribution in [2.75, 3.05) is 13.7 Å². The van der Waals surface area contributed by atoms with Crippen molar-refractivity contribution in [2.24, 2.45) is 7.05 Å². The molecule has 210 valence electrons. The minimum Gasteiger partial charge on any atom is -0.465 e. The zero-order valence-electron chi connectivity index (χ0n) is 24.2. The molecule has 2 unspecified atom stereocenters. The number of fused-ring (bicyclic) bond motifs is 1. The number of hydrogen-bond acceptors (Lipinski definition) is 6. The number of likely N-dealkylation sites (tertiary alicyclic amines) is 1. The van der Waals surface area contributed by atoms with E-state index in [9.17, 15) is 9.59 Å². The zero-order valence-corrected chi connectivity index (χ0v) is 24.2. The summed E-state index contributed by atoms with van der Waals surface area (Å²) < 4.78 is 14.1. The summed E-state index contributed by atoms with van der Waals surface area (Å²) in [6.07, 6.45) is 5.36. The van der Waals surface area contributed by atoms with E-state index in [1.54, 1.807) is 4.57 Å². The Hall–Kier alpha value is -3.91. The van der Waals surface area contributed by atoms with Gasteiger partial charge in [0.2, 0.25) is 0 Å². The molecule has 0 N–H and O–H groups in total. The molecule has 0 amide bonds. The predicted octanol–water partition coefficient (Wildman–Crippen LogP) is 6.37. The van der Waals surface area contributed by atoms with Gasteiger partial charge in [0.1, 0.15) is 5.60 Å². The van der Waals surface area contributed by atoms with E-state index in [0.717, 1.165) is 59.2 Å². The number of carbonyl (C=O) groups is 2. The largest absolute Gasteiger partial charge is 0.465 e. The SMILES string of the molecule is COC(=O)c1ccc(C2CC(c3ccn(C)n3)CCN2Cc2ccc(C)c3c2ccn3C(=O)OC(C)(C)C)cc1. The number of rotatable bonds is 5. The fourth-order valence-electron chi connectivity index (χ4n) is 5.74. The van der Waals surface area contributed by atoms with Crippen LogP contribution in [0.2, 0.25) is 0 Å². The molecule has 1 fully saturated rings. The predicted molar refractivity (Wildman–Crippen MR) is 154 cm³/mol. The van der Waals surface area contributed by atoms with E-state index in [2.05, 4.69) is 23.1 Å². The fraction of sp³-hybridized carbons (Fsp3) is 0.406. The minimum absolute atomic E-state index is 0.136. The maximum absolute atomic E-state index is 13.0. The van der Waals surface area contributed by atoms with Crippen LogP contribution in [-0.2, 0) is 23.1 Å². The maximum atomic E-state index is 13.0. The number of hydrogen-bond donors (Lipinski definition) is 0. The topological polar surface area (TPSA) is 78.6 Å². The normalized spacial score (nSPS) is 18.1. The van der Waals surface area contributed by atoms with Crippen LogP contribution in [0.15, 0.2) is 60.9 Å². The van der Waals surface area contributed by atoms with Gasteiger partial charge in [0, 0.05) is 43.3 Å². The molecule has 5 rings (SSSR count). The van der Waals surface area contributed by atoms with Gasteiger partial charge in [-0.1, -0.05) is 24.3 Å². The summed E-state index contributed by atoms with van der Waals surface area (Å²) in [5, 5.41) is 5.76. The lowest BCUT2D eigenvalue weighted by atomic mass is 9.84. The van der Waals surface area contributed by atoms with Crippen molar-refractivity contribution in [3.05, 3.63) is 88.9 Å². The Morgan fingerprint density at radius 2 is 1.77 bits per heavy atom. The first-order chi connectivity index (χ1) is 19.0. The number of nitrogens with zero attached hydrogens (tertiary/aromatic N) is 4. The lowest BCUT2D eigenvalue weighted by Crippen LogP contribution is -2.36. The van der Waals surface area contributed by atoms with Gasteiger partial charge < -0.3 is 9.47 Å². The van der Waals surface area contributed by atoms with Crippen LogP contribution in [0, 0.1) is 6.92 Å². The summed E-state index contributed by atoms with van der Waals surface area (Å²) in [5.41, 5.74) is 5.31. The third-order valence-corrected chi connectivity index (χ3v) is 7.69. The van der Waals surface area contributed by atoms with Crippen LogP contribution in [0.5, 0.6) is 0 Å². The molecule has 0 spiro atoms. The van der Waals surface area contributed by atoms with E-state index in [4.69, 9.17) is 14.6 Å². The van der Waals surface area contributed by atoms with Crippen LogP contribution in [0.3, 0.4) is 0 Å². The van der Waals surface area contributed by atoms with Gasteiger partial charge in [-0.3, -0.25) is 14.1 Å². The fourth-order valence-corrected chi connectivity index (χ4v) is 5.74. The van der Waals surface area contributed by atoms with Crippen molar-refractivity contribution in [1.82, 2.24) is 19.2 Å². The molecule has 0 aliphatic carbocycles. The van der Waals surface area contributed by atoms with Crippen molar-refractivity contribution in [3.8, 4) is 0 Å².